The molecule has 1 aromatic heterocycles. The summed E-state index contributed by atoms with van der Waals surface area (Å²) in [6.07, 6.45) is 0.715. The van der Waals surface area contributed by atoms with Crippen molar-refractivity contribution in [2.75, 3.05) is 6.26 Å². The van der Waals surface area contributed by atoms with Crippen LogP contribution in [0, 0.1) is 20.8 Å². The highest BCUT2D eigenvalue weighted by molar-refractivity contribution is 7.85. The zero-order valence-corrected chi connectivity index (χ0v) is 8.94. The minimum Gasteiger partial charge on any atom is -0.346 e. The first-order valence-corrected chi connectivity index (χ1v) is 5.47. The van der Waals surface area contributed by atoms with Crippen molar-refractivity contribution in [3.63, 3.8) is 0 Å². The molecule has 1 rings (SSSR count). The molecule has 0 unspecified atom stereocenters. The molecule has 0 aliphatic heterocycles. The molecular formula is C7H14N2O3S. The largest absolute Gasteiger partial charge is 0.346 e. The van der Waals surface area contributed by atoms with Crippen LogP contribution in [0.3, 0.4) is 0 Å². The summed E-state index contributed by atoms with van der Waals surface area (Å²) in [6, 6.07) is 0. The molecule has 0 aliphatic rings. The van der Waals surface area contributed by atoms with Gasteiger partial charge in [0.05, 0.1) is 11.9 Å². The molecule has 0 spiro atoms. The first-order chi connectivity index (χ1) is 5.70. The molecule has 2 N–H and O–H groups in total. The standard InChI is InChI=1S/C6H10N2.CH4O3S/c1-4-5(2)8-6(3)7-4;1-5(2,3)4/h1-3H3,(H,7,8);1H3,(H,2,3,4). The highest BCUT2D eigenvalue weighted by atomic mass is 32.2. The molecule has 0 radical (unpaired) electrons. The Kier molecular flexibility index (Phi) is 4.09. The molecule has 0 amide bonds. The maximum atomic E-state index is 9.19. The van der Waals surface area contributed by atoms with Crippen molar-refractivity contribution in [2.24, 2.45) is 0 Å². The van der Waals surface area contributed by atoms with Crippen LogP contribution in [0.1, 0.15) is 17.2 Å². The maximum Gasteiger partial charge on any atom is 0.261 e. The highest BCUT2D eigenvalue weighted by Crippen LogP contribution is 1.99. The SMILES string of the molecule is CS(=O)(=O)O.Cc1nc(C)c(C)[nH]1. The lowest BCUT2D eigenvalue weighted by atomic mass is 10.4. The van der Waals surface area contributed by atoms with Gasteiger partial charge in [-0.2, -0.15) is 8.42 Å². The van der Waals surface area contributed by atoms with Crippen LogP contribution in [0.25, 0.3) is 0 Å². The molecule has 0 saturated carbocycles. The summed E-state index contributed by atoms with van der Waals surface area (Å²) in [5, 5.41) is 0. The molecule has 76 valence electrons. The number of aromatic amines is 1. The number of imidazole rings is 1. The lowest BCUT2D eigenvalue weighted by molar-refractivity contribution is 0.490. The Morgan fingerprint density at radius 2 is 1.69 bits per heavy atom. The fraction of sp³-hybridized carbons (Fsp3) is 0.571. The van der Waals surface area contributed by atoms with E-state index in [1.54, 1.807) is 0 Å². The van der Waals surface area contributed by atoms with Crippen LogP contribution in [0.4, 0.5) is 0 Å². The number of aromatic nitrogens is 2. The van der Waals surface area contributed by atoms with E-state index >= 15 is 0 Å². The average Bonchev–Trinajstić information content (AvgIpc) is 2.05. The second-order valence-corrected chi connectivity index (χ2v) is 4.23. The van der Waals surface area contributed by atoms with Crippen molar-refractivity contribution in [2.45, 2.75) is 20.8 Å². The molecule has 13 heavy (non-hydrogen) atoms. The van der Waals surface area contributed by atoms with Crippen molar-refractivity contribution in [1.82, 2.24) is 9.97 Å². The van der Waals surface area contributed by atoms with Gasteiger partial charge in [0.2, 0.25) is 0 Å². The van der Waals surface area contributed by atoms with Crippen molar-refractivity contribution in [3.8, 4) is 0 Å². The van der Waals surface area contributed by atoms with Crippen molar-refractivity contribution in [3.05, 3.63) is 17.2 Å². The van der Waals surface area contributed by atoms with Crippen molar-refractivity contribution >= 4 is 10.1 Å². The first kappa shape index (κ1) is 12.1. The number of rotatable bonds is 0. The lowest BCUT2D eigenvalue weighted by Crippen LogP contribution is -1.88. The summed E-state index contributed by atoms with van der Waals surface area (Å²) in [5.74, 6) is 1.00. The molecule has 1 heterocycles. The average molecular weight is 206 g/mol. The van der Waals surface area contributed by atoms with Crippen LogP contribution in [-0.4, -0.2) is 29.2 Å². The first-order valence-electron chi connectivity index (χ1n) is 3.62. The molecule has 0 bridgehead atoms. The molecule has 0 atom stereocenters. The minimum absolute atomic E-state index is 0.715. The molecule has 0 saturated heterocycles. The Bertz CT molecular complexity index is 340. The van der Waals surface area contributed by atoms with E-state index in [4.69, 9.17) is 4.55 Å². The molecular weight excluding hydrogens is 192 g/mol. The molecule has 0 fully saturated rings. The van der Waals surface area contributed by atoms with Crippen molar-refractivity contribution in [1.29, 1.82) is 0 Å². The second-order valence-electron chi connectivity index (χ2n) is 2.77. The third kappa shape index (κ3) is 7.48. The normalized spacial score (nSPS) is 10.5. The van der Waals surface area contributed by atoms with E-state index in [1.807, 2.05) is 20.8 Å². The number of nitrogens with zero attached hydrogens (tertiary/aromatic N) is 1. The van der Waals surface area contributed by atoms with Gasteiger partial charge in [-0.3, -0.25) is 4.55 Å². The van der Waals surface area contributed by atoms with Crippen LogP contribution in [-0.2, 0) is 10.1 Å². The Labute approximate surface area is 78.0 Å². The van der Waals surface area contributed by atoms with Crippen LogP contribution in [0.2, 0.25) is 0 Å². The highest BCUT2D eigenvalue weighted by Gasteiger charge is 1.93. The number of hydrogen-bond acceptors (Lipinski definition) is 3. The predicted octanol–water partition coefficient (Wildman–Crippen LogP) is 0.839. The van der Waals surface area contributed by atoms with E-state index in [1.165, 1.54) is 5.69 Å². The van der Waals surface area contributed by atoms with Crippen LogP contribution in [0.15, 0.2) is 0 Å². The van der Waals surface area contributed by atoms with Gasteiger partial charge in [0.25, 0.3) is 10.1 Å². The molecule has 1 aromatic rings. The zero-order valence-electron chi connectivity index (χ0n) is 8.12. The molecule has 5 nitrogen and oxygen atoms in total. The Hall–Kier alpha value is -0.880. The van der Waals surface area contributed by atoms with Gasteiger partial charge in [0.1, 0.15) is 5.82 Å². The van der Waals surface area contributed by atoms with E-state index in [2.05, 4.69) is 9.97 Å². The zero-order chi connectivity index (χ0) is 10.6. The summed E-state index contributed by atoms with van der Waals surface area (Å²) >= 11 is 0. The fourth-order valence-electron chi connectivity index (χ4n) is 0.725. The van der Waals surface area contributed by atoms with Gasteiger partial charge in [0, 0.05) is 5.69 Å². The summed E-state index contributed by atoms with van der Waals surface area (Å²) in [6.45, 7) is 5.98. The van der Waals surface area contributed by atoms with E-state index < -0.39 is 10.1 Å². The van der Waals surface area contributed by atoms with Crippen LogP contribution >= 0.6 is 0 Å². The lowest BCUT2D eigenvalue weighted by Gasteiger charge is -1.79. The molecule has 0 aromatic carbocycles. The third-order valence-electron chi connectivity index (χ3n) is 1.25. The summed E-state index contributed by atoms with van der Waals surface area (Å²) < 4.78 is 25.9. The third-order valence-corrected chi connectivity index (χ3v) is 1.25. The van der Waals surface area contributed by atoms with Gasteiger partial charge < -0.3 is 4.98 Å². The molecule has 0 aliphatic carbocycles. The minimum atomic E-state index is -3.67. The van der Waals surface area contributed by atoms with Gasteiger partial charge >= 0.3 is 0 Å². The monoisotopic (exact) mass is 206 g/mol. The summed E-state index contributed by atoms with van der Waals surface area (Å²) in [7, 11) is -3.67. The smallest absolute Gasteiger partial charge is 0.261 e. The van der Waals surface area contributed by atoms with E-state index in [0.717, 1.165) is 11.5 Å². The van der Waals surface area contributed by atoms with Crippen LogP contribution < -0.4 is 0 Å². The Balaban J connectivity index is 0.000000252. The quantitative estimate of drug-likeness (QED) is 0.616. The van der Waals surface area contributed by atoms with Gasteiger partial charge in [-0.05, 0) is 20.8 Å². The Morgan fingerprint density at radius 3 is 1.77 bits per heavy atom. The van der Waals surface area contributed by atoms with Crippen molar-refractivity contribution < 1.29 is 13.0 Å². The van der Waals surface area contributed by atoms with Gasteiger partial charge in [-0.15, -0.1) is 0 Å². The van der Waals surface area contributed by atoms with E-state index in [9.17, 15) is 8.42 Å². The summed E-state index contributed by atoms with van der Waals surface area (Å²) in [5.41, 5.74) is 2.27. The van der Waals surface area contributed by atoms with E-state index in [0.29, 0.717) is 6.26 Å². The van der Waals surface area contributed by atoms with Gasteiger partial charge in [0.15, 0.2) is 0 Å². The second kappa shape index (κ2) is 4.38. The number of hydrogen-bond donors (Lipinski definition) is 2. The predicted molar refractivity (Wildman–Crippen MR) is 50.3 cm³/mol. The van der Waals surface area contributed by atoms with Gasteiger partial charge in [-0.1, -0.05) is 0 Å². The Morgan fingerprint density at radius 1 is 1.31 bits per heavy atom. The summed E-state index contributed by atoms with van der Waals surface area (Å²) in [4.78, 5) is 7.25. The fourth-order valence-corrected chi connectivity index (χ4v) is 0.725. The number of aryl methyl sites for hydroxylation is 3. The van der Waals surface area contributed by atoms with E-state index in [-0.39, 0.29) is 0 Å². The topological polar surface area (TPSA) is 83.1 Å². The number of nitrogens with one attached hydrogen (secondary N) is 1. The molecule has 6 heteroatoms. The van der Waals surface area contributed by atoms with Gasteiger partial charge in [-0.25, -0.2) is 4.98 Å². The number of H-pyrrole nitrogens is 1. The van der Waals surface area contributed by atoms with Crippen LogP contribution in [0.5, 0.6) is 0 Å². The maximum absolute atomic E-state index is 9.19.